The largest absolute Gasteiger partial charge is 0.505 e. The minimum atomic E-state index is -4.08. The van der Waals surface area contributed by atoms with Gasteiger partial charge in [0.1, 0.15) is 6.04 Å². The van der Waals surface area contributed by atoms with Crippen molar-refractivity contribution in [3.05, 3.63) is 28.0 Å². The first-order chi connectivity index (χ1) is 8.71. The maximum atomic E-state index is 13.7. The topological polar surface area (TPSA) is 72.5 Å². The molecule has 1 aromatic carbocycles. The highest BCUT2D eigenvalue weighted by Gasteiger charge is 2.49. The van der Waals surface area contributed by atoms with Crippen LogP contribution < -0.4 is 5.73 Å². The van der Waals surface area contributed by atoms with Crippen molar-refractivity contribution in [1.82, 2.24) is 0 Å². The number of aromatic hydroxyl groups is 1. The molecule has 0 bridgehead atoms. The van der Waals surface area contributed by atoms with Gasteiger partial charge in [-0.1, -0.05) is 15.9 Å². The summed E-state index contributed by atoms with van der Waals surface area (Å²) < 4.78 is 44.9. The normalized spacial score (nSPS) is 13.2. The fourth-order valence-electron chi connectivity index (χ4n) is 1.37. The van der Waals surface area contributed by atoms with Gasteiger partial charge in [0.2, 0.25) is 0 Å². The van der Waals surface area contributed by atoms with Crippen LogP contribution in [0.3, 0.4) is 0 Å². The number of esters is 1. The molecule has 0 aromatic heterocycles. The summed E-state index contributed by atoms with van der Waals surface area (Å²) in [7, 11) is 0. The second-order valence-electron chi connectivity index (χ2n) is 3.65. The Labute approximate surface area is 115 Å². The molecule has 8 heteroatoms. The van der Waals surface area contributed by atoms with Gasteiger partial charge in [-0.2, -0.15) is 8.78 Å². The Morgan fingerprint density at radius 3 is 2.68 bits per heavy atom. The fraction of sp³-hybridized carbons (Fsp3) is 0.364. The van der Waals surface area contributed by atoms with Gasteiger partial charge >= 0.3 is 11.9 Å². The third kappa shape index (κ3) is 3.19. The van der Waals surface area contributed by atoms with Crippen LogP contribution in [-0.2, 0) is 9.53 Å². The van der Waals surface area contributed by atoms with Crippen molar-refractivity contribution in [3.8, 4) is 5.75 Å². The zero-order valence-corrected chi connectivity index (χ0v) is 11.4. The molecule has 0 saturated carbocycles. The number of phenols is 1. The molecule has 19 heavy (non-hydrogen) atoms. The maximum Gasteiger partial charge on any atom is 0.379 e. The monoisotopic (exact) mass is 341 g/mol. The summed E-state index contributed by atoms with van der Waals surface area (Å²) in [4.78, 5) is 11.1. The van der Waals surface area contributed by atoms with Gasteiger partial charge in [0.25, 0.3) is 0 Å². The molecule has 0 aliphatic rings. The van der Waals surface area contributed by atoms with Crippen molar-refractivity contribution < 1.29 is 27.8 Å². The van der Waals surface area contributed by atoms with E-state index in [1.165, 1.54) is 6.92 Å². The molecule has 1 rings (SSSR count). The van der Waals surface area contributed by atoms with Gasteiger partial charge in [0.05, 0.1) is 6.61 Å². The molecule has 106 valence electrons. The smallest absolute Gasteiger partial charge is 0.379 e. The molecule has 0 radical (unpaired) electrons. The molecule has 4 nitrogen and oxygen atoms in total. The highest BCUT2D eigenvalue weighted by atomic mass is 79.9. The van der Waals surface area contributed by atoms with Crippen LogP contribution in [0, 0.1) is 5.82 Å². The van der Waals surface area contributed by atoms with Gasteiger partial charge in [-0.05, 0) is 19.1 Å². The Morgan fingerprint density at radius 1 is 1.58 bits per heavy atom. The average Bonchev–Trinajstić information content (AvgIpc) is 2.33. The number of halogens is 4. The molecule has 0 fully saturated rings. The Morgan fingerprint density at radius 2 is 2.16 bits per heavy atom. The molecule has 0 heterocycles. The SMILES string of the molecule is CCOC(=O)C(F)(F)[C@H](N)c1cc(Br)cc(F)c1O. The van der Waals surface area contributed by atoms with Gasteiger partial charge in [-0.15, -0.1) is 0 Å². The van der Waals surface area contributed by atoms with E-state index in [9.17, 15) is 23.1 Å². The molecular weight excluding hydrogens is 331 g/mol. The first-order valence-corrected chi connectivity index (χ1v) is 5.99. The number of nitrogens with two attached hydrogens (primary N) is 1. The Kier molecular flexibility index (Phi) is 4.81. The second kappa shape index (κ2) is 5.79. The Hall–Kier alpha value is -1.28. The molecule has 0 aliphatic heterocycles. The minimum Gasteiger partial charge on any atom is -0.505 e. The van der Waals surface area contributed by atoms with Crippen LogP contribution in [-0.4, -0.2) is 23.6 Å². The number of benzene rings is 1. The van der Waals surface area contributed by atoms with E-state index in [1.54, 1.807) is 0 Å². The molecule has 0 amide bonds. The van der Waals surface area contributed by atoms with Gasteiger partial charge in [0.15, 0.2) is 11.6 Å². The van der Waals surface area contributed by atoms with Gasteiger partial charge < -0.3 is 15.6 Å². The first kappa shape index (κ1) is 15.8. The van der Waals surface area contributed by atoms with E-state index in [1.807, 2.05) is 0 Å². The molecule has 0 saturated heterocycles. The molecule has 3 N–H and O–H groups in total. The standard InChI is InChI=1S/C11H11BrF3NO3/c1-2-19-10(18)11(14,15)9(16)6-3-5(12)4-7(13)8(6)17/h3-4,9,17H,2,16H2,1H3/t9-/m1/s1. The molecule has 1 aromatic rings. The number of carbonyl (C=O) groups excluding carboxylic acids is 1. The molecule has 0 unspecified atom stereocenters. The van der Waals surface area contributed by atoms with E-state index in [0.717, 1.165) is 12.1 Å². The summed E-state index contributed by atoms with van der Waals surface area (Å²) in [6, 6.07) is -0.330. The zero-order valence-electron chi connectivity index (χ0n) is 9.79. The lowest BCUT2D eigenvalue weighted by molar-refractivity contribution is -0.174. The number of hydrogen-bond acceptors (Lipinski definition) is 4. The molecule has 0 spiro atoms. The van der Waals surface area contributed by atoms with E-state index in [-0.39, 0.29) is 11.1 Å². The summed E-state index contributed by atoms with van der Waals surface area (Å²) in [5.74, 6) is -8.07. The van der Waals surface area contributed by atoms with Crippen LogP contribution in [0.25, 0.3) is 0 Å². The second-order valence-corrected chi connectivity index (χ2v) is 4.56. The van der Waals surface area contributed by atoms with Gasteiger partial charge in [0, 0.05) is 10.0 Å². The van der Waals surface area contributed by atoms with Crippen LogP contribution in [0.1, 0.15) is 18.5 Å². The predicted molar refractivity (Wildman–Crippen MR) is 64.3 cm³/mol. The number of rotatable bonds is 4. The number of alkyl halides is 2. The maximum absolute atomic E-state index is 13.7. The van der Waals surface area contributed by atoms with E-state index >= 15 is 0 Å². The van der Waals surface area contributed by atoms with Crippen molar-refractivity contribution in [3.63, 3.8) is 0 Å². The van der Waals surface area contributed by atoms with Crippen molar-refractivity contribution in [2.45, 2.75) is 18.9 Å². The molecule has 0 aliphatic carbocycles. The lowest BCUT2D eigenvalue weighted by Crippen LogP contribution is -2.41. The summed E-state index contributed by atoms with van der Waals surface area (Å²) >= 11 is 2.88. The summed E-state index contributed by atoms with van der Waals surface area (Å²) in [6.07, 6.45) is 0. The number of hydrogen-bond donors (Lipinski definition) is 2. The van der Waals surface area contributed by atoms with Gasteiger partial charge in [-0.3, -0.25) is 0 Å². The first-order valence-electron chi connectivity index (χ1n) is 5.20. The third-order valence-corrected chi connectivity index (χ3v) is 2.79. The van der Waals surface area contributed by atoms with Crippen molar-refractivity contribution >= 4 is 21.9 Å². The van der Waals surface area contributed by atoms with Crippen LogP contribution >= 0.6 is 15.9 Å². The van der Waals surface area contributed by atoms with Gasteiger partial charge in [-0.25, -0.2) is 9.18 Å². The fourth-order valence-corrected chi connectivity index (χ4v) is 1.82. The van der Waals surface area contributed by atoms with Crippen molar-refractivity contribution in [1.29, 1.82) is 0 Å². The quantitative estimate of drug-likeness (QED) is 0.825. The number of phenolic OH excluding ortho intramolecular Hbond substituents is 1. The number of carbonyl (C=O) groups is 1. The lowest BCUT2D eigenvalue weighted by Gasteiger charge is -2.22. The highest BCUT2D eigenvalue weighted by Crippen LogP contribution is 2.37. The summed E-state index contributed by atoms with van der Waals surface area (Å²) in [6.45, 7) is 1.11. The average molecular weight is 342 g/mol. The number of ether oxygens (including phenoxy) is 1. The summed E-state index contributed by atoms with van der Waals surface area (Å²) in [5, 5.41) is 9.41. The Bertz CT molecular complexity index is 496. The van der Waals surface area contributed by atoms with Crippen LogP contribution in [0.15, 0.2) is 16.6 Å². The lowest BCUT2D eigenvalue weighted by atomic mass is 10.00. The van der Waals surface area contributed by atoms with Crippen LogP contribution in [0.4, 0.5) is 13.2 Å². The minimum absolute atomic E-state index is 0.105. The predicted octanol–water partition coefficient (Wildman–Crippen LogP) is 2.49. The summed E-state index contributed by atoms with van der Waals surface area (Å²) in [5.41, 5.74) is 4.65. The Balaban J connectivity index is 3.19. The van der Waals surface area contributed by atoms with Crippen LogP contribution in [0.2, 0.25) is 0 Å². The van der Waals surface area contributed by atoms with Crippen molar-refractivity contribution in [2.75, 3.05) is 6.61 Å². The van der Waals surface area contributed by atoms with E-state index in [4.69, 9.17) is 5.73 Å². The third-order valence-electron chi connectivity index (χ3n) is 2.33. The van der Waals surface area contributed by atoms with E-state index in [0.29, 0.717) is 0 Å². The molecule has 1 atom stereocenters. The van der Waals surface area contributed by atoms with E-state index in [2.05, 4.69) is 20.7 Å². The molecular formula is C11H11BrF3NO3. The van der Waals surface area contributed by atoms with Crippen molar-refractivity contribution in [2.24, 2.45) is 5.73 Å². The van der Waals surface area contributed by atoms with Crippen LogP contribution in [0.5, 0.6) is 5.75 Å². The van der Waals surface area contributed by atoms with E-state index < -0.39 is 35.1 Å². The highest BCUT2D eigenvalue weighted by molar-refractivity contribution is 9.10. The zero-order chi connectivity index (χ0) is 14.8.